The van der Waals surface area contributed by atoms with E-state index in [9.17, 15) is 0 Å². The molecule has 0 fully saturated rings. The molecule has 0 N–H and O–H groups in total. The first kappa shape index (κ1) is 12.0. The van der Waals surface area contributed by atoms with Crippen LogP contribution in [0.25, 0.3) is 5.57 Å². The predicted molar refractivity (Wildman–Crippen MR) is 67.5 cm³/mol. The molecular weight excluding hydrogens is 198 g/mol. The molecule has 0 saturated carbocycles. The molecule has 0 aliphatic rings. The first-order chi connectivity index (χ1) is 7.65. The van der Waals surface area contributed by atoms with Gasteiger partial charge in [0.05, 0.1) is 5.69 Å². The summed E-state index contributed by atoms with van der Waals surface area (Å²) in [6.07, 6.45) is 5.31. The van der Waals surface area contributed by atoms with Crippen molar-refractivity contribution >= 4 is 5.57 Å². The SMILES string of the molecule is C=C(/C=C\C)OC(=C)C(=C)c1ccccn1. The van der Waals surface area contributed by atoms with Gasteiger partial charge in [-0.05, 0) is 25.1 Å². The van der Waals surface area contributed by atoms with Gasteiger partial charge in [0.1, 0.15) is 11.5 Å². The van der Waals surface area contributed by atoms with Gasteiger partial charge in [0.2, 0.25) is 0 Å². The number of rotatable bonds is 5. The molecule has 82 valence electrons. The fourth-order valence-electron chi connectivity index (χ4n) is 1.12. The lowest BCUT2D eigenvalue weighted by atomic mass is 10.2. The molecule has 2 nitrogen and oxygen atoms in total. The van der Waals surface area contributed by atoms with Crippen molar-refractivity contribution in [2.75, 3.05) is 0 Å². The Kier molecular flexibility index (Phi) is 4.28. The van der Waals surface area contributed by atoms with Crippen molar-refractivity contribution < 1.29 is 4.74 Å². The highest BCUT2D eigenvalue weighted by molar-refractivity contribution is 5.72. The van der Waals surface area contributed by atoms with Gasteiger partial charge in [0, 0.05) is 11.8 Å². The van der Waals surface area contributed by atoms with Crippen molar-refractivity contribution in [3.05, 3.63) is 73.5 Å². The molecule has 0 aromatic carbocycles. The van der Waals surface area contributed by atoms with Gasteiger partial charge in [0.25, 0.3) is 0 Å². The molecular formula is C14H15NO. The Bertz CT molecular complexity index is 429. The van der Waals surface area contributed by atoms with Crippen LogP contribution in [0.1, 0.15) is 12.6 Å². The smallest absolute Gasteiger partial charge is 0.129 e. The van der Waals surface area contributed by atoms with Crippen LogP contribution in [0, 0.1) is 0 Å². The largest absolute Gasteiger partial charge is 0.458 e. The maximum atomic E-state index is 5.39. The van der Waals surface area contributed by atoms with Crippen molar-refractivity contribution in [2.24, 2.45) is 0 Å². The second-order valence-electron chi connectivity index (χ2n) is 3.19. The monoisotopic (exact) mass is 213 g/mol. The molecule has 0 aliphatic carbocycles. The van der Waals surface area contributed by atoms with Crippen molar-refractivity contribution in [2.45, 2.75) is 6.92 Å². The summed E-state index contributed by atoms with van der Waals surface area (Å²) in [5.41, 5.74) is 1.41. The summed E-state index contributed by atoms with van der Waals surface area (Å²) in [4.78, 5) is 4.16. The molecule has 0 radical (unpaired) electrons. The van der Waals surface area contributed by atoms with E-state index in [4.69, 9.17) is 4.74 Å². The number of allylic oxidation sites excluding steroid dienone is 3. The summed E-state index contributed by atoms with van der Waals surface area (Å²) < 4.78 is 5.39. The molecule has 0 saturated heterocycles. The Morgan fingerprint density at radius 2 is 2.06 bits per heavy atom. The fraction of sp³-hybridized carbons (Fsp3) is 0.0714. The van der Waals surface area contributed by atoms with E-state index in [1.54, 1.807) is 12.3 Å². The van der Waals surface area contributed by atoms with Crippen LogP contribution in [0.15, 0.2) is 67.8 Å². The van der Waals surface area contributed by atoms with Crippen molar-refractivity contribution in [3.8, 4) is 0 Å². The van der Waals surface area contributed by atoms with E-state index in [1.165, 1.54) is 0 Å². The summed E-state index contributed by atoms with van der Waals surface area (Å²) >= 11 is 0. The number of hydrogen-bond donors (Lipinski definition) is 0. The van der Waals surface area contributed by atoms with E-state index in [2.05, 4.69) is 24.7 Å². The van der Waals surface area contributed by atoms with E-state index in [-0.39, 0.29) is 0 Å². The Hall–Kier alpha value is -2.09. The third-order valence-corrected chi connectivity index (χ3v) is 1.92. The standard InChI is InChI=1S/C14H15NO/c1-5-8-11(2)16-13(4)12(3)14-9-6-7-10-15-14/h5-10H,2-4H2,1H3/b8-5-. The second-order valence-corrected chi connectivity index (χ2v) is 3.19. The van der Waals surface area contributed by atoms with Crippen LogP contribution in [-0.4, -0.2) is 4.98 Å². The van der Waals surface area contributed by atoms with Gasteiger partial charge < -0.3 is 4.74 Å². The minimum absolute atomic E-state index is 0.460. The van der Waals surface area contributed by atoms with Gasteiger partial charge in [0.15, 0.2) is 0 Å². The molecule has 1 rings (SSSR count). The van der Waals surface area contributed by atoms with Crippen LogP contribution < -0.4 is 0 Å². The van der Waals surface area contributed by atoms with Crippen LogP contribution in [-0.2, 0) is 4.74 Å². The maximum absolute atomic E-state index is 5.39. The van der Waals surface area contributed by atoms with Gasteiger partial charge in [-0.2, -0.15) is 0 Å². The van der Waals surface area contributed by atoms with E-state index >= 15 is 0 Å². The summed E-state index contributed by atoms with van der Waals surface area (Å²) in [6.45, 7) is 13.3. The van der Waals surface area contributed by atoms with Crippen molar-refractivity contribution in [1.82, 2.24) is 4.98 Å². The van der Waals surface area contributed by atoms with Crippen LogP contribution in [0.4, 0.5) is 0 Å². The zero-order chi connectivity index (χ0) is 12.0. The topological polar surface area (TPSA) is 22.1 Å². The van der Waals surface area contributed by atoms with Gasteiger partial charge in [-0.15, -0.1) is 0 Å². The van der Waals surface area contributed by atoms with Gasteiger partial charge in [-0.25, -0.2) is 0 Å². The molecule has 0 unspecified atom stereocenters. The average Bonchev–Trinajstić information content (AvgIpc) is 2.29. The van der Waals surface area contributed by atoms with Gasteiger partial charge >= 0.3 is 0 Å². The number of ether oxygens (including phenoxy) is 1. The maximum Gasteiger partial charge on any atom is 0.129 e. The first-order valence-electron chi connectivity index (χ1n) is 4.94. The first-order valence-corrected chi connectivity index (χ1v) is 4.94. The van der Waals surface area contributed by atoms with E-state index in [0.29, 0.717) is 17.1 Å². The van der Waals surface area contributed by atoms with Crippen LogP contribution in [0.2, 0.25) is 0 Å². The molecule has 1 aromatic rings. The quantitative estimate of drug-likeness (QED) is 0.549. The molecule has 1 heterocycles. The van der Waals surface area contributed by atoms with Crippen LogP contribution in [0.3, 0.4) is 0 Å². The average molecular weight is 213 g/mol. The fourth-order valence-corrected chi connectivity index (χ4v) is 1.12. The minimum atomic E-state index is 0.460. The predicted octanol–water partition coefficient (Wildman–Crippen LogP) is 3.71. The highest BCUT2D eigenvalue weighted by Crippen LogP contribution is 2.20. The zero-order valence-electron chi connectivity index (χ0n) is 9.44. The van der Waals surface area contributed by atoms with Crippen molar-refractivity contribution in [3.63, 3.8) is 0 Å². The Morgan fingerprint density at radius 1 is 1.31 bits per heavy atom. The molecule has 0 atom stereocenters. The Balaban J connectivity index is 2.69. The zero-order valence-corrected chi connectivity index (χ0v) is 9.44. The summed E-state index contributed by atoms with van der Waals surface area (Å²) in [7, 11) is 0. The molecule has 0 spiro atoms. The molecule has 0 amide bonds. The number of aromatic nitrogens is 1. The molecule has 2 heteroatoms. The van der Waals surface area contributed by atoms with E-state index < -0.39 is 0 Å². The minimum Gasteiger partial charge on any atom is -0.458 e. The van der Waals surface area contributed by atoms with E-state index in [1.807, 2.05) is 31.2 Å². The van der Waals surface area contributed by atoms with Crippen LogP contribution >= 0.6 is 0 Å². The lowest BCUT2D eigenvalue weighted by Gasteiger charge is -2.10. The second kappa shape index (κ2) is 5.71. The molecule has 1 aromatic heterocycles. The lowest BCUT2D eigenvalue weighted by Crippen LogP contribution is -1.94. The normalized spacial score (nSPS) is 10.1. The molecule has 16 heavy (non-hydrogen) atoms. The highest BCUT2D eigenvalue weighted by atomic mass is 16.5. The van der Waals surface area contributed by atoms with Crippen molar-refractivity contribution in [1.29, 1.82) is 0 Å². The molecule has 0 aliphatic heterocycles. The van der Waals surface area contributed by atoms with Gasteiger partial charge in [-0.3, -0.25) is 4.98 Å². The third kappa shape index (κ3) is 3.24. The lowest BCUT2D eigenvalue weighted by molar-refractivity contribution is 0.344. The Labute approximate surface area is 96.3 Å². The molecule has 0 bridgehead atoms. The summed E-state index contributed by atoms with van der Waals surface area (Å²) in [6, 6.07) is 5.59. The number of nitrogens with zero attached hydrogens (tertiary/aromatic N) is 1. The Morgan fingerprint density at radius 3 is 2.62 bits per heavy atom. The third-order valence-electron chi connectivity index (χ3n) is 1.92. The van der Waals surface area contributed by atoms with Gasteiger partial charge in [-0.1, -0.05) is 31.9 Å². The van der Waals surface area contributed by atoms with Crippen LogP contribution in [0.5, 0.6) is 0 Å². The number of pyridine rings is 1. The van der Waals surface area contributed by atoms with E-state index in [0.717, 1.165) is 5.69 Å². The number of hydrogen-bond acceptors (Lipinski definition) is 2. The summed E-state index contributed by atoms with van der Waals surface area (Å²) in [5, 5.41) is 0. The summed E-state index contributed by atoms with van der Waals surface area (Å²) in [5.74, 6) is 0.992. The highest BCUT2D eigenvalue weighted by Gasteiger charge is 2.05.